The molecule has 2 N–H and O–H groups in total. The molecule has 2 fully saturated rings. The van der Waals surface area contributed by atoms with Gasteiger partial charge in [0.15, 0.2) is 0 Å². The smallest absolute Gasteiger partial charge is 0.222 e. The largest absolute Gasteiger partial charge is 0.343 e. The molecule has 1 heterocycles. The second-order valence-electron chi connectivity index (χ2n) is 5.75. The Morgan fingerprint density at radius 3 is 2.29 bits per heavy atom. The summed E-state index contributed by atoms with van der Waals surface area (Å²) < 4.78 is 0. The topological polar surface area (TPSA) is 46.3 Å². The van der Waals surface area contributed by atoms with Crippen LogP contribution in [-0.4, -0.2) is 30.4 Å². The molecule has 2 aliphatic rings. The number of nitrogens with zero attached hydrogens (tertiary/aromatic N) is 1. The summed E-state index contributed by atoms with van der Waals surface area (Å²) in [4.78, 5) is 14.1. The van der Waals surface area contributed by atoms with Crippen LogP contribution in [0.25, 0.3) is 0 Å². The van der Waals surface area contributed by atoms with Gasteiger partial charge in [0.2, 0.25) is 5.91 Å². The van der Waals surface area contributed by atoms with E-state index in [0.717, 1.165) is 51.2 Å². The van der Waals surface area contributed by atoms with Crippen molar-refractivity contribution in [2.45, 2.75) is 51.4 Å². The number of amides is 1. The second-order valence-corrected chi connectivity index (χ2v) is 5.75. The molecule has 17 heavy (non-hydrogen) atoms. The van der Waals surface area contributed by atoms with Crippen LogP contribution in [0.5, 0.6) is 0 Å². The molecule has 0 spiro atoms. The number of likely N-dealkylation sites (tertiary alicyclic amines) is 1. The zero-order valence-electron chi connectivity index (χ0n) is 10.9. The third kappa shape index (κ3) is 3.70. The van der Waals surface area contributed by atoms with E-state index < -0.39 is 0 Å². The van der Waals surface area contributed by atoms with Gasteiger partial charge in [0.25, 0.3) is 0 Å². The number of carbonyl (C=O) groups excluding carboxylic acids is 1. The number of hydrogen-bond acceptors (Lipinski definition) is 2. The Bertz CT molecular complexity index is 241. The molecule has 1 saturated heterocycles. The van der Waals surface area contributed by atoms with Crippen LogP contribution in [0.15, 0.2) is 0 Å². The highest BCUT2D eigenvalue weighted by atomic mass is 16.2. The molecular weight excluding hydrogens is 212 g/mol. The van der Waals surface area contributed by atoms with Crippen molar-refractivity contribution in [3.8, 4) is 0 Å². The summed E-state index contributed by atoms with van der Waals surface area (Å²) in [5.41, 5.74) is 5.66. The van der Waals surface area contributed by atoms with Gasteiger partial charge in [-0.1, -0.05) is 25.7 Å². The van der Waals surface area contributed by atoms with E-state index in [9.17, 15) is 4.79 Å². The zero-order valence-corrected chi connectivity index (χ0v) is 10.9. The Balaban J connectivity index is 1.66. The molecular formula is C14H26N2O. The van der Waals surface area contributed by atoms with E-state index in [2.05, 4.69) is 4.90 Å². The average Bonchev–Trinajstić information content (AvgIpc) is 2.89. The van der Waals surface area contributed by atoms with E-state index in [1.54, 1.807) is 0 Å². The van der Waals surface area contributed by atoms with Crippen LogP contribution in [-0.2, 0) is 4.79 Å². The van der Waals surface area contributed by atoms with E-state index in [1.165, 1.54) is 25.7 Å². The van der Waals surface area contributed by atoms with Crippen molar-refractivity contribution in [1.29, 1.82) is 0 Å². The Morgan fingerprint density at radius 2 is 1.71 bits per heavy atom. The van der Waals surface area contributed by atoms with Crippen LogP contribution in [0.2, 0.25) is 0 Å². The summed E-state index contributed by atoms with van der Waals surface area (Å²) in [5.74, 6) is 1.86. The SMILES string of the molecule is NCC1CCN(C(=O)CCC2CCCC2)CC1. The van der Waals surface area contributed by atoms with Crippen molar-refractivity contribution in [3.05, 3.63) is 0 Å². The molecule has 0 atom stereocenters. The number of nitrogens with two attached hydrogens (primary N) is 1. The summed E-state index contributed by atoms with van der Waals surface area (Å²) >= 11 is 0. The summed E-state index contributed by atoms with van der Waals surface area (Å²) in [6, 6.07) is 0. The zero-order chi connectivity index (χ0) is 12.1. The standard InChI is InChI=1S/C14H26N2O/c15-11-13-7-9-16(10-8-13)14(17)6-5-12-3-1-2-4-12/h12-13H,1-11,15H2. The van der Waals surface area contributed by atoms with Gasteiger partial charge >= 0.3 is 0 Å². The lowest BCUT2D eigenvalue weighted by molar-refractivity contribution is -0.132. The first-order chi connectivity index (χ1) is 8.29. The molecule has 98 valence electrons. The van der Waals surface area contributed by atoms with Gasteiger partial charge in [0.1, 0.15) is 0 Å². The Morgan fingerprint density at radius 1 is 1.06 bits per heavy atom. The Labute approximate surface area is 105 Å². The van der Waals surface area contributed by atoms with Gasteiger partial charge < -0.3 is 10.6 Å². The lowest BCUT2D eigenvalue weighted by Crippen LogP contribution is -2.40. The van der Waals surface area contributed by atoms with Crippen LogP contribution < -0.4 is 5.73 Å². The molecule has 0 radical (unpaired) electrons. The van der Waals surface area contributed by atoms with E-state index >= 15 is 0 Å². The molecule has 0 aromatic heterocycles. The minimum Gasteiger partial charge on any atom is -0.343 e. The fourth-order valence-corrected chi connectivity index (χ4v) is 3.20. The maximum absolute atomic E-state index is 12.0. The lowest BCUT2D eigenvalue weighted by Gasteiger charge is -2.31. The first-order valence-electron chi connectivity index (χ1n) is 7.27. The Kier molecular flexibility index (Phi) is 4.84. The van der Waals surface area contributed by atoms with Crippen LogP contribution in [0, 0.1) is 11.8 Å². The van der Waals surface area contributed by atoms with E-state index in [4.69, 9.17) is 5.73 Å². The number of rotatable bonds is 4. The van der Waals surface area contributed by atoms with Gasteiger partial charge in [0.05, 0.1) is 0 Å². The van der Waals surface area contributed by atoms with Gasteiger partial charge in [-0.2, -0.15) is 0 Å². The maximum atomic E-state index is 12.0. The predicted molar refractivity (Wildman–Crippen MR) is 69.6 cm³/mol. The molecule has 0 aromatic rings. The molecule has 1 aliphatic carbocycles. The van der Waals surface area contributed by atoms with Crippen molar-refractivity contribution in [2.75, 3.05) is 19.6 Å². The minimum absolute atomic E-state index is 0.382. The van der Waals surface area contributed by atoms with Gasteiger partial charge in [-0.25, -0.2) is 0 Å². The van der Waals surface area contributed by atoms with Gasteiger partial charge in [-0.3, -0.25) is 4.79 Å². The van der Waals surface area contributed by atoms with E-state index in [0.29, 0.717) is 11.8 Å². The van der Waals surface area contributed by atoms with Crippen molar-refractivity contribution >= 4 is 5.91 Å². The molecule has 0 bridgehead atoms. The summed E-state index contributed by atoms with van der Waals surface area (Å²) in [6.07, 6.45) is 9.55. The fourth-order valence-electron chi connectivity index (χ4n) is 3.20. The number of hydrogen-bond donors (Lipinski definition) is 1. The lowest BCUT2D eigenvalue weighted by atomic mass is 9.96. The molecule has 0 unspecified atom stereocenters. The Hall–Kier alpha value is -0.570. The van der Waals surface area contributed by atoms with Gasteiger partial charge in [-0.05, 0) is 37.6 Å². The molecule has 2 rings (SSSR count). The molecule has 1 aliphatic heterocycles. The van der Waals surface area contributed by atoms with Crippen molar-refractivity contribution in [2.24, 2.45) is 17.6 Å². The van der Waals surface area contributed by atoms with Gasteiger partial charge in [-0.15, -0.1) is 0 Å². The van der Waals surface area contributed by atoms with Crippen LogP contribution in [0.4, 0.5) is 0 Å². The molecule has 3 heteroatoms. The van der Waals surface area contributed by atoms with Crippen LogP contribution in [0.1, 0.15) is 51.4 Å². The third-order valence-electron chi connectivity index (χ3n) is 4.54. The highest BCUT2D eigenvalue weighted by Gasteiger charge is 2.23. The van der Waals surface area contributed by atoms with Crippen LogP contribution in [0.3, 0.4) is 0 Å². The molecule has 0 aromatic carbocycles. The summed E-state index contributed by atoms with van der Waals surface area (Å²) in [6.45, 7) is 2.65. The van der Waals surface area contributed by atoms with Crippen LogP contribution >= 0.6 is 0 Å². The molecule has 1 saturated carbocycles. The van der Waals surface area contributed by atoms with Crippen molar-refractivity contribution < 1.29 is 4.79 Å². The summed E-state index contributed by atoms with van der Waals surface area (Å²) in [5, 5.41) is 0. The highest BCUT2D eigenvalue weighted by Crippen LogP contribution is 2.29. The number of piperidine rings is 1. The minimum atomic E-state index is 0.382. The van der Waals surface area contributed by atoms with E-state index in [-0.39, 0.29) is 0 Å². The second kappa shape index (κ2) is 6.39. The first kappa shape index (κ1) is 12.9. The summed E-state index contributed by atoms with van der Waals surface area (Å²) in [7, 11) is 0. The third-order valence-corrected chi connectivity index (χ3v) is 4.54. The molecule has 3 nitrogen and oxygen atoms in total. The molecule has 1 amide bonds. The van der Waals surface area contributed by atoms with Crippen molar-refractivity contribution in [3.63, 3.8) is 0 Å². The fraction of sp³-hybridized carbons (Fsp3) is 0.929. The monoisotopic (exact) mass is 238 g/mol. The normalized spacial score (nSPS) is 23.2. The number of carbonyl (C=O) groups is 1. The quantitative estimate of drug-likeness (QED) is 0.815. The predicted octanol–water partition coefficient (Wildman–Crippen LogP) is 2.15. The van der Waals surface area contributed by atoms with Crippen molar-refractivity contribution in [1.82, 2.24) is 4.90 Å². The van der Waals surface area contributed by atoms with E-state index in [1.807, 2.05) is 0 Å². The average molecular weight is 238 g/mol. The maximum Gasteiger partial charge on any atom is 0.222 e. The highest BCUT2D eigenvalue weighted by molar-refractivity contribution is 5.76. The van der Waals surface area contributed by atoms with Gasteiger partial charge in [0, 0.05) is 19.5 Å². The first-order valence-corrected chi connectivity index (χ1v) is 7.27.